The van der Waals surface area contributed by atoms with Crippen molar-refractivity contribution < 1.29 is 53.0 Å². The number of aliphatic hydroxyl groups excluding tert-OH is 5. The molecule has 7 N–H and O–H groups in total. The van der Waals surface area contributed by atoms with E-state index in [1.807, 2.05) is 36.5 Å². The van der Waals surface area contributed by atoms with Crippen molar-refractivity contribution in [3.8, 4) is 16.9 Å². The summed E-state index contributed by atoms with van der Waals surface area (Å²) in [4.78, 5) is 16.6. The van der Waals surface area contributed by atoms with E-state index in [0.29, 0.717) is 10.6 Å². The Kier molecular flexibility index (Phi) is 13.3. The third-order valence-electron chi connectivity index (χ3n) is 8.78. The number of aromatic nitrogens is 1. The molecule has 1 aromatic heterocycles. The highest BCUT2D eigenvalue weighted by Crippen LogP contribution is 2.53. The van der Waals surface area contributed by atoms with Gasteiger partial charge in [-0.05, 0) is 67.1 Å². The van der Waals surface area contributed by atoms with E-state index >= 15 is 0 Å². The molecule has 4 atom stereocenters. The number of aliphatic hydroxyl groups is 5. The van der Waals surface area contributed by atoms with E-state index in [4.69, 9.17) is 30.9 Å². The number of urea groups is 1. The molecule has 3 aromatic rings. The molecule has 16 heteroatoms. The zero-order valence-electron chi connectivity index (χ0n) is 27.9. The Morgan fingerprint density at radius 3 is 2.47 bits per heavy atom. The first-order valence-corrected chi connectivity index (χ1v) is 18.7. The SMILES string of the molecule is O=C(NCCOCCS(=O)(=O)c1ccc(Cl)c(COC2(c3cnccc3-c3ccccc3OC3CC3)CC2)c1)N[C@@H](CO)[C@@H](O)[C@H](O)[C@H](O)CO. The highest BCUT2D eigenvalue weighted by Gasteiger charge is 2.48. The number of benzene rings is 2. The van der Waals surface area contributed by atoms with Crippen LogP contribution in [-0.4, -0.2) is 114 Å². The van der Waals surface area contributed by atoms with Crippen molar-refractivity contribution in [3.63, 3.8) is 0 Å². The smallest absolute Gasteiger partial charge is 0.315 e. The maximum absolute atomic E-state index is 13.2. The number of rotatable bonds is 20. The zero-order valence-corrected chi connectivity index (χ0v) is 29.4. The monoisotopic (exact) mass is 749 g/mol. The lowest BCUT2D eigenvalue weighted by atomic mass is 9.96. The topological polar surface area (TPSA) is 217 Å². The number of carbonyl (C=O) groups is 1. The molecule has 0 spiro atoms. The van der Waals surface area contributed by atoms with E-state index in [0.717, 1.165) is 48.1 Å². The normalized spacial score (nSPS) is 17.6. The van der Waals surface area contributed by atoms with E-state index in [-0.39, 0.29) is 43.1 Å². The molecule has 2 aromatic carbocycles. The predicted octanol–water partition coefficient (Wildman–Crippen LogP) is 1.67. The van der Waals surface area contributed by atoms with Crippen molar-refractivity contribution in [1.82, 2.24) is 15.6 Å². The second-order valence-electron chi connectivity index (χ2n) is 12.6. The number of nitrogens with one attached hydrogen (secondary N) is 2. The number of amides is 2. The third kappa shape index (κ3) is 10.2. The van der Waals surface area contributed by atoms with Gasteiger partial charge >= 0.3 is 6.03 Å². The summed E-state index contributed by atoms with van der Waals surface area (Å²) >= 11 is 6.50. The van der Waals surface area contributed by atoms with E-state index in [2.05, 4.69) is 15.6 Å². The fourth-order valence-electron chi connectivity index (χ4n) is 5.48. The molecule has 51 heavy (non-hydrogen) atoms. The predicted molar refractivity (Wildman–Crippen MR) is 186 cm³/mol. The van der Waals surface area contributed by atoms with Crippen molar-refractivity contribution >= 4 is 27.5 Å². The van der Waals surface area contributed by atoms with E-state index in [9.17, 15) is 33.6 Å². The number of halogens is 1. The van der Waals surface area contributed by atoms with Gasteiger partial charge in [0.25, 0.3) is 0 Å². The molecule has 1 heterocycles. The molecule has 0 saturated heterocycles. The minimum Gasteiger partial charge on any atom is -0.490 e. The summed E-state index contributed by atoms with van der Waals surface area (Å²) < 4.78 is 44.4. The molecule has 0 bridgehead atoms. The molecule has 5 rings (SSSR count). The molecular weight excluding hydrogens is 706 g/mol. The van der Waals surface area contributed by atoms with Crippen LogP contribution < -0.4 is 15.4 Å². The summed E-state index contributed by atoms with van der Waals surface area (Å²) in [6.07, 6.45) is 2.18. The first-order valence-electron chi connectivity index (χ1n) is 16.7. The van der Waals surface area contributed by atoms with Gasteiger partial charge in [-0.25, -0.2) is 13.2 Å². The van der Waals surface area contributed by atoms with Crippen LogP contribution in [0.4, 0.5) is 4.79 Å². The Labute approximate surface area is 301 Å². The largest absolute Gasteiger partial charge is 0.490 e. The summed E-state index contributed by atoms with van der Waals surface area (Å²) in [5, 5.41) is 52.7. The fraction of sp³-hybridized carbons (Fsp3) is 0.486. The molecule has 2 amide bonds. The van der Waals surface area contributed by atoms with Crippen LogP contribution >= 0.6 is 11.6 Å². The van der Waals surface area contributed by atoms with Crippen LogP contribution in [0.1, 0.15) is 36.8 Å². The second-order valence-corrected chi connectivity index (χ2v) is 15.1. The van der Waals surface area contributed by atoms with Crippen molar-refractivity contribution in [3.05, 3.63) is 77.1 Å². The van der Waals surface area contributed by atoms with Crippen LogP contribution in [-0.2, 0) is 31.5 Å². The van der Waals surface area contributed by atoms with Gasteiger partial charge in [0, 0.05) is 35.1 Å². The van der Waals surface area contributed by atoms with Crippen LogP contribution in [0, 0.1) is 0 Å². The van der Waals surface area contributed by atoms with E-state index < -0.39 is 59.0 Å². The minimum atomic E-state index is -3.77. The standard InChI is InChI=1S/C35H44ClN3O11S/c36-28-8-7-24(51(46,47)16-15-48-14-13-38-34(45)39-29(19-40)32(43)33(44)30(42)20-41)17-22(28)21-49-35(10-11-35)27-18-37-12-9-25(27)26-3-1-2-4-31(26)50-23-5-6-23/h1-4,7-9,12,17-18,23,29-30,32-33,40-44H,5-6,10-11,13-16,19-21H2,(H2,38,39,45)/t29-,30+,32+,33+/m0/s1. The summed E-state index contributed by atoms with van der Waals surface area (Å²) in [7, 11) is -3.77. The quantitative estimate of drug-likeness (QED) is 0.0822. The average Bonchev–Trinajstić information content (AvgIpc) is 4.08. The zero-order chi connectivity index (χ0) is 36.6. The Morgan fingerprint density at radius 2 is 1.76 bits per heavy atom. The molecule has 0 radical (unpaired) electrons. The molecule has 278 valence electrons. The van der Waals surface area contributed by atoms with Crippen LogP contribution in [0.3, 0.4) is 0 Å². The van der Waals surface area contributed by atoms with Gasteiger partial charge in [-0.1, -0.05) is 29.8 Å². The minimum absolute atomic E-state index is 0.0378. The number of pyridine rings is 1. The van der Waals surface area contributed by atoms with Crippen LogP contribution in [0.25, 0.3) is 11.1 Å². The number of nitrogens with zero attached hydrogens (tertiary/aromatic N) is 1. The Hall–Kier alpha value is -3.38. The third-order valence-corrected chi connectivity index (χ3v) is 10.8. The first-order chi connectivity index (χ1) is 24.5. The maximum Gasteiger partial charge on any atom is 0.315 e. The molecule has 0 unspecified atom stereocenters. The van der Waals surface area contributed by atoms with Gasteiger partial charge in [0.05, 0.1) is 61.4 Å². The number of carbonyl (C=O) groups excluding carboxylic acids is 1. The highest BCUT2D eigenvalue weighted by atomic mass is 35.5. The molecule has 2 saturated carbocycles. The number of sulfone groups is 1. The van der Waals surface area contributed by atoms with Gasteiger partial charge in [-0.2, -0.15) is 0 Å². The first kappa shape index (κ1) is 38.8. The van der Waals surface area contributed by atoms with Gasteiger partial charge in [-0.3, -0.25) is 4.98 Å². The fourth-order valence-corrected chi connectivity index (χ4v) is 6.83. The van der Waals surface area contributed by atoms with Crippen molar-refractivity contribution in [2.45, 2.75) is 73.2 Å². The Balaban J connectivity index is 1.12. The summed E-state index contributed by atoms with van der Waals surface area (Å²) in [5.74, 6) is 0.480. The molecule has 2 aliphatic carbocycles. The van der Waals surface area contributed by atoms with Crippen molar-refractivity contribution in [2.24, 2.45) is 0 Å². The lowest BCUT2D eigenvalue weighted by Gasteiger charge is -2.28. The molecule has 0 aliphatic heterocycles. The van der Waals surface area contributed by atoms with Gasteiger partial charge in [-0.15, -0.1) is 0 Å². The number of hydrogen-bond donors (Lipinski definition) is 7. The Morgan fingerprint density at radius 1 is 1.00 bits per heavy atom. The van der Waals surface area contributed by atoms with Gasteiger partial charge in [0.15, 0.2) is 9.84 Å². The summed E-state index contributed by atoms with van der Waals surface area (Å²) in [6.45, 7) is -1.75. The van der Waals surface area contributed by atoms with Gasteiger partial charge < -0.3 is 50.4 Å². The molecule has 2 fully saturated rings. The van der Waals surface area contributed by atoms with E-state index in [1.54, 1.807) is 6.20 Å². The van der Waals surface area contributed by atoms with Crippen molar-refractivity contribution in [1.29, 1.82) is 0 Å². The van der Waals surface area contributed by atoms with Crippen LogP contribution in [0.15, 0.2) is 65.8 Å². The second kappa shape index (κ2) is 17.4. The van der Waals surface area contributed by atoms with Gasteiger partial charge in [0.1, 0.15) is 24.1 Å². The molecule has 2 aliphatic rings. The molecule has 14 nitrogen and oxygen atoms in total. The Bertz CT molecular complexity index is 1740. The average molecular weight is 750 g/mol. The summed E-state index contributed by atoms with van der Waals surface area (Å²) in [6, 6.07) is 12.2. The maximum atomic E-state index is 13.2. The highest BCUT2D eigenvalue weighted by molar-refractivity contribution is 7.91. The number of para-hydroxylation sites is 1. The summed E-state index contributed by atoms with van der Waals surface area (Å²) in [5.41, 5.74) is 2.79. The molecular formula is C35H44ClN3O11S. The van der Waals surface area contributed by atoms with Crippen LogP contribution in [0.2, 0.25) is 5.02 Å². The van der Waals surface area contributed by atoms with Gasteiger partial charge in [0.2, 0.25) is 0 Å². The lowest BCUT2D eigenvalue weighted by molar-refractivity contribution is -0.0902. The van der Waals surface area contributed by atoms with E-state index in [1.165, 1.54) is 18.2 Å². The number of hydrogen-bond acceptors (Lipinski definition) is 12. The van der Waals surface area contributed by atoms with Crippen LogP contribution in [0.5, 0.6) is 5.75 Å². The number of ether oxygens (including phenoxy) is 3. The lowest BCUT2D eigenvalue weighted by Crippen LogP contribution is -2.56. The van der Waals surface area contributed by atoms with Crippen molar-refractivity contribution in [2.75, 3.05) is 38.7 Å².